The number of rotatable bonds is 4. The number of aromatic nitrogens is 2. The molecular formula is C11H9FN6O3. The third-order valence-corrected chi connectivity index (χ3v) is 2.50. The molecule has 1 amide bonds. The van der Waals surface area contributed by atoms with Gasteiger partial charge in [0.05, 0.1) is 34.8 Å². The lowest BCUT2D eigenvalue weighted by Gasteiger charge is -2.08. The van der Waals surface area contributed by atoms with Gasteiger partial charge in [0.1, 0.15) is 11.9 Å². The number of halogens is 1. The minimum Gasteiger partial charge on any atom is -0.321 e. The standard InChI is InChI=1S/C11H9FN6O3/c12-8-2-10(18(20)21)7(1-9(8)17-13)11(19)16-6-3-14-5-15-4-6/h1-5,17H,13H2,(H,16,19). The van der Waals surface area contributed by atoms with E-state index >= 15 is 0 Å². The molecule has 4 N–H and O–H groups in total. The molecule has 0 saturated heterocycles. The van der Waals surface area contributed by atoms with Crippen molar-refractivity contribution in [1.29, 1.82) is 0 Å². The molecule has 108 valence electrons. The molecule has 21 heavy (non-hydrogen) atoms. The third kappa shape index (κ3) is 3.06. The highest BCUT2D eigenvalue weighted by Crippen LogP contribution is 2.26. The van der Waals surface area contributed by atoms with Crippen LogP contribution in [0.5, 0.6) is 0 Å². The highest BCUT2D eigenvalue weighted by Gasteiger charge is 2.23. The molecule has 0 aliphatic heterocycles. The molecule has 2 rings (SSSR count). The first-order chi connectivity index (χ1) is 10.0. The maximum Gasteiger partial charge on any atom is 0.285 e. The van der Waals surface area contributed by atoms with Crippen LogP contribution in [0.3, 0.4) is 0 Å². The van der Waals surface area contributed by atoms with Gasteiger partial charge in [-0.3, -0.25) is 20.8 Å². The Labute approximate surface area is 117 Å². The molecule has 0 aliphatic rings. The molecular weight excluding hydrogens is 283 g/mol. The Morgan fingerprint density at radius 2 is 2.00 bits per heavy atom. The van der Waals surface area contributed by atoms with Gasteiger partial charge in [0.15, 0.2) is 5.82 Å². The Morgan fingerprint density at radius 3 is 2.57 bits per heavy atom. The zero-order valence-corrected chi connectivity index (χ0v) is 10.4. The number of hydrazine groups is 1. The lowest BCUT2D eigenvalue weighted by Crippen LogP contribution is -2.16. The number of nitrogens with one attached hydrogen (secondary N) is 2. The van der Waals surface area contributed by atoms with Crippen LogP contribution in [0.15, 0.2) is 30.9 Å². The zero-order chi connectivity index (χ0) is 15.4. The Bertz CT molecular complexity index is 694. The van der Waals surface area contributed by atoms with Gasteiger partial charge in [-0.25, -0.2) is 14.4 Å². The first-order valence-electron chi connectivity index (χ1n) is 5.54. The largest absolute Gasteiger partial charge is 0.321 e. The van der Waals surface area contributed by atoms with Gasteiger partial charge in [0.25, 0.3) is 11.6 Å². The van der Waals surface area contributed by atoms with E-state index in [0.717, 1.165) is 6.07 Å². The average Bonchev–Trinajstić information content (AvgIpc) is 2.47. The summed E-state index contributed by atoms with van der Waals surface area (Å²) in [4.78, 5) is 29.5. The van der Waals surface area contributed by atoms with Crippen LogP contribution in [0, 0.1) is 15.9 Å². The molecule has 0 unspecified atom stereocenters. The van der Waals surface area contributed by atoms with Crippen LogP contribution >= 0.6 is 0 Å². The highest BCUT2D eigenvalue weighted by atomic mass is 19.1. The number of anilines is 2. The third-order valence-electron chi connectivity index (χ3n) is 2.50. The number of hydrogen-bond acceptors (Lipinski definition) is 7. The van der Waals surface area contributed by atoms with E-state index in [9.17, 15) is 19.3 Å². The van der Waals surface area contributed by atoms with Gasteiger partial charge < -0.3 is 10.7 Å². The number of nitro groups is 1. The van der Waals surface area contributed by atoms with Gasteiger partial charge in [-0.15, -0.1) is 0 Å². The van der Waals surface area contributed by atoms with Crippen LogP contribution in [0.25, 0.3) is 0 Å². The smallest absolute Gasteiger partial charge is 0.285 e. The fourth-order valence-electron chi connectivity index (χ4n) is 1.57. The van der Waals surface area contributed by atoms with E-state index in [0.29, 0.717) is 6.07 Å². The summed E-state index contributed by atoms with van der Waals surface area (Å²) >= 11 is 0. The molecule has 0 spiro atoms. The van der Waals surface area contributed by atoms with Crippen molar-refractivity contribution in [2.45, 2.75) is 0 Å². The minimum absolute atomic E-state index is 0.239. The van der Waals surface area contributed by atoms with Crippen LogP contribution in [0.4, 0.5) is 21.5 Å². The Hall–Kier alpha value is -3.14. The molecule has 0 fully saturated rings. The van der Waals surface area contributed by atoms with E-state index in [1.165, 1.54) is 18.7 Å². The summed E-state index contributed by atoms with van der Waals surface area (Å²) in [5, 5.41) is 13.3. The van der Waals surface area contributed by atoms with Crippen LogP contribution < -0.4 is 16.6 Å². The molecule has 10 heteroatoms. The van der Waals surface area contributed by atoms with E-state index in [4.69, 9.17) is 5.84 Å². The van der Waals surface area contributed by atoms with Crippen molar-refractivity contribution < 1.29 is 14.1 Å². The summed E-state index contributed by atoms with van der Waals surface area (Å²) in [6, 6.07) is 1.57. The van der Waals surface area contributed by atoms with Crippen LogP contribution in [0.1, 0.15) is 10.4 Å². The van der Waals surface area contributed by atoms with Crippen molar-refractivity contribution in [1.82, 2.24) is 9.97 Å². The maximum atomic E-state index is 13.5. The van der Waals surface area contributed by atoms with E-state index < -0.39 is 22.3 Å². The molecule has 1 aromatic heterocycles. The number of nitrogens with two attached hydrogens (primary N) is 1. The number of hydrogen-bond donors (Lipinski definition) is 3. The Kier molecular flexibility index (Phi) is 4.00. The van der Waals surface area contributed by atoms with Crippen molar-refractivity contribution >= 4 is 23.0 Å². The van der Waals surface area contributed by atoms with E-state index in [-0.39, 0.29) is 16.9 Å². The monoisotopic (exact) mass is 292 g/mol. The SMILES string of the molecule is NNc1cc(C(=O)Nc2cncnc2)c([N+](=O)[O-])cc1F. The predicted octanol–water partition coefficient (Wildman–Crippen LogP) is 1.06. The summed E-state index contributed by atoms with van der Waals surface area (Å²) in [6.07, 6.45) is 3.87. The van der Waals surface area contributed by atoms with Crippen molar-refractivity contribution in [2.75, 3.05) is 10.7 Å². The normalized spacial score (nSPS) is 10.0. The lowest BCUT2D eigenvalue weighted by atomic mass is 10.1. The fourth-order valence-corrected chi connectivity index (χ4v) is 1.57. The Morgan fingerprint density at radius 1 is 1.33 bits per heavy atom. The van der Waals surface area contributed by atoms with Crippen molar-refractivity contribution in [3.63, 3.8) is 0 Å². The molecule has 1 aromatic carbocycles. The number of nitrogen functional groups attached to an aromatic ring is 1. The first kappa shape index (κ1) is 14.3. The van der Waals surface area contributed by atoms with E-state index in [1.54, 1.807) is 0 Å². The molecule has 0 radical (unpaired) electrons. The molecule has 0 aliphatic carbocycles. The number of benzene rings is 1. The van der Waals surface area contributed by atoms with Crippen molar-refractivity contribution in [2.24, 2.45) is 5.84 Å². The van der Waals surface area contributed by atoms with Gasteiger partial charge in [0, 0.05) is 0 Å². The average molecular weight is 292 g/mol. The van der Waals surface area contributed by atoms with E-state index in [2.05, 4.69) is 15.3 Å². The first-order valence-corrected chi connectivity index (χ1v) is 5.54. The Balaban J connectivity index is 2.41. The molecule has 0 bridgehead atoms. The predicted molar refractivity (Wildman–Crippen MR) is 70.8 cm³/mol. The minimum atomic E-state index is -0.941. The summed E-state index contributed by atoms with van der Waals surface area (Å²) in [5.74, 6) is 3.33. The summed E-state index contributed by atoms with van der Waals surface area (Å²) in [5.41, 5.74) is 0.988. The van der Waals surface area contributed by atoms with Crippen molar-refractivity contribution in [3.8, 4) is 0 Å². The van der Waals surface area contributed by atoms with Gasteiger partial charge in [-0.2, -0.15) is 0 Å². The maximum absolute atomic E-state index is 13.5. The molecule has 1 heterocycles. The molecule has 2 aromatic rings. The molecule has 9 nitrogen and oxygen atoms in total. The van der Waals surface area contributed by atoms with Gasteiger partial charge in [-0.05, 0) is 6.07 Å². The van der Waals surface area contributed by atoms with Crippen LogP contribution in [-0.4, -0.2) is 20.8 Å². The lowest BCUT2D eigenvalue weighted by molar-refractivity contribution is -0.385. The van der Waals surface area contributed by atoms with Gasteiger partial charge >= 0.3 is 0 Å². The molecule has 0 saturated carbocycles. The number of nitrogens with zero attached hydrogens (tertiary/aromatic N) is 3. The summed E-state index contributed by atoms with van der Waals surface area (Å²) < 4.78 is 13.5. The number of carbonyl (C=O) groups excluding carboxylic acids is 1. The second-order valence-corrected chi connectivity index (χ2v) is 3.83. The summed E-state index contributed by atoms with van der Waals surface area (Å²) in [7, 11) is 0. The zero-order valence-electron chi connectivity index (χ0n) is 10.4. The van der Waals surface area contributed by atoms with Gasteiger partial charge in [-0.1, -0.05) is 0 Å². The second-order valence-electron chi connectivity index (χ2n) is 3.83. The van der Waals surface area contributed by atoms with Crippen LogP contribution in [0.2, 0.25) is 0 Å². The quantitative estimate of drug-likeness (QED) is 0.435. The molecule has 0 atom stereocenters. The fraction of sp³-hybridized carbons (Fsp3) is 0. The van der Waals surface area contributed by atoms with Crippen molar-refractivity contribution in [3.05, 3.63) is 52.3 Å². The number of carbonyl (C=O) groups is 1. The van der Waals surface area contributed by atoms with E-state index in [1.807, 2.05) is 5.43 Å². The van der Waals surface area contributed by atoms with Crippen LogP contribution in [-0.2, 0) is 0 Å². The second kappa shape index (κ2) is 5.88. The number of amides is 1. The number of nitro benzene ring substituents is 1. The van der Waals surface area contributed by atoms with Gasteiger partial charge in [0.2, 0.25) is 0 Å². The summed E-state index contributed by atoms with van der Waals surface area (Å²) in [6.45, 7) is 0. The highest BCUT2D eigenvalue weighted by molar-refractivity contribution is 6.07. The topological polar surface area (TPSA) is 136 Å².